The molecule has 4 aliphatic rings. The van der Waals surface area contributed by atoms with Gasteiger partial charge < -0.3 is 10.4 Å². The first-order valence-electron chi connectivity index (χ1n) is 11.4. The van der Waals surface area contributed by atoms with Gasteiger partial charge >= 0.3 is 5.97 Å². The number of carboxylic acid groups (broad SMARTS) is 1. The quantitative estimate of drug-likeness (QED) is 0.480. The van der Waals surface area contributed by atoms with E-state index in [1.165, 1.54) is 18.3 Å². The molecule has 3 heterocycles. The van der Waals surface area contributed by atoms with Crippen LogP contribution in [0.25, 0.3) is 16.1 Å². The number of carbonyl (C=O) groups is 1. The molecule has 7 rings (SSSR count). The number of halogens is 3. The molecule has 0 aromatic carbocycles. The zero-order valence-electron chi connectivity index (χ0n) is 18.3. The molecule has 0 unspecified atom stereocenters. The molecular weight excluding hydrogens is 496 g/mol. The van der Waals surface area contributed by atoms with Gasteiger partial charge in [0.1, 0.15) is 10.8 Å². The largest absolute Gasteiger partial charge is 0.481 e. The van der Waals surface area contributed by atoms with Crippen LogP contribution >= 0.6 is 22.9 Å². The summed E-state index contributed by atoms with van der Waals surface area (Å²) in [7, 11) is 0. The fourth-order valence-electron chi connectivity index (χ4n) is 5.69. The molecule has 0 aliphatic heterocycles. The summed E-state index contributed by atoms with van der Waals surface area (Å²) < 4.78 is 29.6. The lowest BCUT2D eigenvalue weighted by molar-refractivity contribution is -0.148. The average molecular weight is 516 g/mol. The topological polar surface area (TPSA) is 101 Å². The summed E-state index contributed by atoms with van der Waals surface area (Å²) in [6.45, 7) is 0. The Bertz CT molecular complexity index is 1370. The third kappa shape index (κ3) is 3.88. The SMILES string of the molecule is O=C(O)[C@H]1C2CCC(CC2)[C@@H]1Nc1nc(C2=CCc3ncc(Cl)nc32)nc(-c2ccc(F)s2)c1F. The summed E-state index contributed by atoms with van der Waals surface area (Å²) in [6.07, 6.45) is 7.30. The highest BCUT2D eigenvalue weighted by Crippen LogP contribution is 2.47. The van der Waals surface area contributed by atoms with E-state index in [1.54, 1.807) is 0 Å². The maximum atomic E-state index is 15.8. The number of anilines is 1. The standard InChI is InChI=1S/C24H20ClF2N5O2S/c25-15-9-28-13-6-5-12(20(13)29-15)22-31-21(14-7-8-16(26)35-14)18(27)23(32-22)30-19-11-3-1-10(2-4-11)17(19)24(33)34/h5,7-11,17,19H,1-4,6H2,(H,33,34)(H,30,31,32)/t10?,11?,17-,19-/m0/s1. The predicted molar refractivity (Wildman–Crippen MR) is 127 cm³/mol. The van der Waals surface area contributed by atoms with E-state index >= 15 is 4.39 Å². The van der Waals surface area contributed by atoms with E-state index in [-0.39, 0.29) is 34.3 Å². The molecule has 180 valence electrons. The van der Waals surface area contributed by atoms with Gasteiger partial charge in [-0.1, -0.05) is 17.7 Å². The number of allylic oxidation sites excluding steroid dienone is 1. The zero-order chi connectivity index (χ0) is 24.3. The van der Waals surface area contributed by atoms with Crippen molar-refractivity contribution >= 4 is 40.3 Å². The zero-order valence-corrected chi connectivity index (χ0v) is 19.9. The van der Waals surface area contributed by atoms with Crippen molar-refractivity contribution in [2.75, 3.05) is 5.32 Å². The summed E-state index contributed by atoms with van der Waals surface area (Å²) in [5.41, 5.74) is 1.71. The van der Waals surface area contributed by atoms with Crippen molar-refractivity contribution in [3.8, 4) is 10.6 Å². The molecule has 3 aromatic rings. The molecule has 0 saturated heterocycles. The molecule has 0 spiro atoms. The third-order valence-corrected chi connectivity index (χ3v) is 8.34. The number of hydrogen-bond donors (Lipinski definition) is 2. The van der Waals surface area contributed by atoms with Crippen LogP contribution in [0.15, 0.2) is 24.4 Å². The Labute approximate surface area is 208 Å². The van der Waals surface area contributed by atoms with E-state index in [0.29, 0.717) is 28.3 Å². The van der Waals surface area contributed by atoms with Crippen LogP contribution in [0.5, 0.6) is 0 Å². The molecule has 2 N–H and O–H groups in total. The van der Waals surface area contributed by atoms with Crippen LogP contribution in [0.1, 0.15) is 42.9 Å². The average Bonchev–Trinajstić information content (AvgIpc) is 3.46. The van der Waals surface area contributed by atoms with Gasteiger partial charge in [0.15, 0.2) is 22.6 Å². The molecular formula is C24H20ClF2N5O2S. The van der Waals surface area contributed by atoms with Gasteiger partial charge in [0.05, 0.1) is 28.4 Å². The van der Waals surface area contributed by atoms with Crippen molar-refractivity contribution in [2.45, 2.75) is 38.1 Å². The van der Waals surface area contributed by atoms with Crippen molar-refractivity contribution in [1.29, 1.82) is 0 Å². The van der Waals surface area contributed by atoms with Crippen LogP contribution in [0, 0.1) is 28.7 Å². The van der Waals surface area contributed by atoms with E-state index < -0.39 is 28.9 Å². The first-order chi connectivity index (χ1) is 16.9. The van der Waals surface area contributed by atoms with Gasteiger partial charge in [0, 0.05) is 18.0 Å². The van der Waals surface area contributed by atoms with Crippen LogP contribution in [0.2, 0.25) is 5.15 Å². The first kappa shape index (κ1) is 22.5. The van der Waals surface area contributed by atoms with Crippen molar-refractivity contribution in [1.82, 2.24) is 19.9 Å². The number of aliphatic carboxylic acids is 1. The van der Waals surface area contributed by atoms with Crippen molar-refractivity contribution in [3.05, 3.63) is 57.7 Å². The number of aromatic nitrogens is 4. The Kier molecular flexibility index (Phi) is 5.52. The molecule has 0 amide bonds. The second-order valence-electron chi connectivity index (χ2n) is 9.18. The Morgan fingerprint density at radius 3 is 2.57 bits per heavy atom. The van der Waals surface area contributed by atoms with Crippen molar-refractivity contribution in [2.24, 2.45) is 17.8 Å². The lowest BCUT2D eigenvalue weighted by atomic mass is 9.61. The second-order valence-corrected chi connectivity index (χ2v) is 10.6. The Morgan fingerprint density at radius 2 is 1.86 bits per heavy atom. The molecule has 7 nitrogen and oxygen atoms in total. The van der Waals surface area contributed by atoms with Gasteiger partial charge in [0.2, 0.25) is 0 Å². The summed E-state index contributed by atoms with van der Waals surface area (Å²) >= 11 is 6.84. The minimum atomic E-state index is -0.885. The number of nitrogens with one attached hydrogen (secondary N) is 1. The smallest absolute Gasteiger partial charge is 0.308 e. The van der Waals surface area contributed by atoms with Gasteiger partial charge in [-0.25, -0.2) is 19.3 Å². The molecule has 2 atom stereocenters. The molecule has 4 aliphatic carbocycles. The minimum Gasteiger partial charge on any atom is -0.481 e. The van der Waals surface area contributed by atoms with Gasteiger partial charge in [-0.05, 0) is 49.7 Å². The van der Waals surface area contributed by atoms with Gasteiger partial charge in [-0.3, -0.25) is 9.78 Å². The highest BCUT2D eigenvalue weighted by Gasteiger charge is 2.47. The van der Waals surface area contributed by atoms with Gasteiger partial charge in [-0.15, -0.1) is 11.3 Å². The van der Waals surface area contributed by atoms with Gasteiger partial charge in [0.25, 0.3) is 0 Å². The number of rotatable bonds is 5. The van der Waals surface area contributed by atoms with Gasteiger partial charge in [-0.2, -0.15) is 4.39 Å². The van der Waals surface area contributed by atoms with Crippen LogP contribution in [-0.2, 0) is 11.2 Å². The Hall–Kier alpha value is -2.98. The maximum absolute atomic E-state index is 15.8. The highest BCUT2D eigenvalue weighted by atomic mass is 35.5. The van der Waals surface area contributed by atoms with Crippen molar-refractivity contribution < 1.29 is 18.7 Å². The summed E-state index contributed by atoms with van der Waals surface area (Å²) in [5.74, 6) is -1.99. The molecule has 3 saturated carbocycles. The fraction of sp³-hybridized carbons (Fsp3) is 0.375. The lowest BCUT2D eigenvalue weighted by Gasteiger charge is -2.47. The maximum Gasteiger partial charge on any atom is 0.308 e. The summed E-state index contributed by atoms with van der Waals surface area (Å²) in [5, 5.41) is 12.8. The first-order valence-corrected chi connectivity index (χ1v) is 12.6. The van der Waals surface area contributed by atoms with E-state index in [0.717, 1.165) is 37.0 Å². The minimum absolute atomic E-state index is 0.0482. The van der Waals surface area contributed by atoms with Crippen LogP contribution in [-0.4, -0.2) is 37.1 Å². The molecule has 2 bridgehead atoms. The van der Waals surface area contributed by atoms with Crippen LogP contribution in [0.4, 0.5) is 14.6 Å². The summed E-state index contributed by atoms with van der Waals surface area (Å²) in [6, 6.07) is 2.27. The number of fused-ring (bicyclic) bond motifs is 4. The number of thiophene rings is 1. The fourth-order valence-corrected chi connectivity index (χ4v) is 6.54. The lowest BCUT2D eigenvalue weighted by Crippen LogP contribution is -2.51. The molecule has 3 aromatic heterocycles. The number of nitrogens with zero attached hydrogens (tertiary/aromatic N) is 4. The van der Waals surface area contributed by atoms with E-state index in [2.05, 4.69) is 25.3 Å². The van der Waals surface area contributed by atoms with E-state index in [1.807, 2.05) is 6.08 Å². The third-order valence-electron chi connectivity index (χ3n) is 7.28. The highest BCUT2D eigenvalue weighted by molar-refractivity contribution is 7.13. The Balaban J connectivity index is 1.46. The van der Waals surface area contributed by atoms with Crippen LogP contribution < -0.4 is 5.32 Å². The summed E-state index contributed by atoms with van der Waals surface area (Å²) in [4.78, 5) is 30.0. The monoisotopic (exact) mass is 515 g/mol. The van der Waals surface area contributed by atoms with Crippen molar-refractivity contribution in [3.63, 3.8) is 0 Å². The molecule has 35 heavy (non-hydrogen) atoms. The normalized spacial score (nSPS) is 24.8. The molecule has 11 heteroatoms. The molecule has 3 fully saturated rings. The number of carboxylic acids is 1. The predicted octanol–water partition coefficient (Wildman–Crippen LogP) is 5.22. The second kappa shape index (κ2) is 8.60. The molecule has 0 radical (unpaired) electrons. The van der Waals surface area contributed by atoms with E-state index in [4.69, 9.17) is 11.6 Å². The Morgan fingerprint density at radius 1 is 1.09 bits per heavy atom. The number of hydrogen-bond acceptors (Lipinski definition) is 7. The van der Waals surface area contributed by atoms with E-state index in [9.17, 15) is 14.3 Å². The van der Waals surface area contributed by atoms with Crippen LogP contribution in [0.3, 0.4) is 0 Å².